The van der Waals surface area contributed by atoms with Gasteiger partial charge in [0.2, 0.25) is 0 Å². The number of benzene rings is 2. The minimum absolute atomic E-state index is 0.118. The average Bonchev–Trinajstić information content (AvgIpc) is 3.47. The van der Waals surface area contributed by atoms with Gasteiger partial charge in [-0.05, 0) is 53.3 Å². The van der Waals surface area contributed by atoms with Crippen molar-refractivity contribution in [2.75, 3.05) is 0 Å². The summed E-state index contributed by atoms with van der Waals surface area (Å²) in [5, 5.41) is 14.3. The molecule has 4 rings (SSSR count). The Morgan fingerprint density at radius 1 is 0.882 bits per heavy atom. The molecule has 178 valence electrons. The van der Waals surface area contributed by atoms with Crippen molar-refractivity contribution in [3.63, 3.8) is 0 Å². The standard InChI is InChI=1S/C27H34N6O/c1-4-6-10-18-32-20(3)25(13-7-5-2)33(27(32)34)19-21-14-16-22(17-15-21)23-11-8-9-12-24(23)26-28-30-31-29-26/h8-9,11-12,14-17H,4-7,10,13,18-19H2,1-3H3,(H,28,29,30,31). The maximum Gasteiger partial charge on any atom is 0.328 e. The fraction of sp³-hybridized carbons (Fsp3) is 0.407. The monoisotopic (exact) mass is 458 g/mol. The summed E-state index contributed by atoms with van der Waals surface area (Å²) in [7, 11) is 0. The van der Waals surface area contributed by atoms with E-state index in [1.165, 1.54) is 5.69 Å². The van der Waals surface area contributed by atoms with Crippen LogP contribution in [0.3, 0.4) is 0 Å². The summed E-state index contributed by atoms with van der Waals surface area (Å²) in [5.41, 5.74) is 6.64. The molecule has 0 unspecified atom stereocenters. The van der Waals surface area contributed by atoms with Gasteiger partial charge in [-0.15, -0.1) is 5.10 Å². The quantitative estimate of drug-likeness (QED) is 0.306. The van der Waals surface area contributed by atoms with Crippen LogP contribution in [0.25, 0.3) is 22.5 Å². The fourth-order valence-electron chi connectivity index (χ4n) is 4.55. The lowest BCUT2D eigenvalue weighted by molar-refractivity contribution is 0.566. The van der Waals surface area contributed by atoms with E-state index in [2.05, 4.69) is 71.7 Å². The molecule has 0 aliphatic carbocycles. The lowest BCUT2D eigenvalue weighted by Gasteiger charge is -2.10. The molecule has 34 heavy (non-hydrogen) atoms. The van der Waals surface area contributed by atoms with Crippen molar-refractivity contribution < 1.29 is 0 Å². The first-order valence-electron chi connectivity index (χ1n) is 12.3. The third-order valence-electron chi connectivity index (χ3n) is 6.50. The highest BCUT2D eigenvalue weighted by molar-refractivity contribution is 5.80. The van der Waals surface area contributed by atoms with E-state index in [9.17, 15) is 4.79 Å². The highest BCUT2D eigenvalue weighted by Gasteiger charge is 2.17. The van der Waals surface area contributed by atoms with Crippen LogP contribution in [0, 0.1) is 6.92 Å². The number of H-pyrrole nitrogens is 1. The Kier molecular flexibility index (Phi) is 7.72. The topological polar surface area (TPSA) is 81.4 Å². The Balaban J connectivity index is 1.62. The number of nitrogens with zero attached hydrogens (tertiary/aromatic N) is 5. The number of aromatic amines is 1. The van der Waals surface area contributed by atoms with Crippen molar-refractivity contribution in [1.29, 1.82) is 0 Å². The molecule has 0 spiro atoms. The molecule has 0 saturated heterocycles. The van der Waals surface area contributed by atoms with Crippen LogP contribution in [0.5, 0.6) is 0 Å². The van der Waals surface area contributed by atoms with Gasteiger partial charge in [-0.1, -0.05) is 81.6 Å². The van der Waals surface area contributed by atoms with Crippen LogP contribution < -0.4 is 5.69 Å². The second-order valence-corrected chi connectivity index (χ2v) is 8.86. The van der Waals surface area contributed by atoms with Crippen LogP contribution in [-0.4, -0.2) is 29.8 Å². The molecule has 2 aromatic carbocycles. The molecule has 0 fully saturated rings. The predicted octanol–water partition coefficient (Wildman–Crippen LogP) is 5.39. The van der Waals surface area contributed by atoms with Gasteiger partial charge in [0.25, 0.3) is 0 Å². The van der Waals surface area contributed by atoms with Crippen molar-refractivity contribution >= 4 is 0 Å². The van der Waals surface area contributed by atoms with Gasteiger partial charge in [-0.25, -0.2) is 9.89 Å². The number of unbranched alkanes of at least 4 members (excludes halogenated alkanes) is 3. The number of hydrogen-bond acceptors (Lipinski definition) is 4. The number of aromatic nitrogens is 6. The Labute approximate surface area is 200 Å². The lowest BCUT2D eigenvalue weighted by Crippen LogP contribution is -2.26. The summed E-state index contributed by atoms with van der Waals surface area (Å²) in [6.07, 6.45) is 6.49. The first-order valence-corrected chi connectivity index (χ1v) is 12.3. The van der Waals surface area contributed by atoms with E-state index in [4.69, 9.17) is 0 Å². The molecule has 7 heteroatoms. The van der Waals surface area contributed by atoms with Crippen LogP contribution >= 0.6 is 0 Å². The molecule has 1 N–H and O–H groups in total. The van der Waals surface area contributed by atoms with Crippen LogP contribution in [0.1, 0.15) is 62.9 Å². The van der Waals surface area contributed by atoms with Gasteiger partial charge >= 0.3 is 5.69 Å². The Morgan fingerprint density at radius 3 is 2.29 bits per heavy atom. The molecular formula is C27H34N6O. The summed E-state index contributed by atoms with van der Waals surface area (Å²) in [5.74, 6) is 0.645. The third-order valence-corrected chi connectivity index (χ3v) is 6.50. The zero-order chi connectivity index (χ0) is 23.9. The molecule has 0 bridgehead atoms. The lowest BCUT2D eigenvalue weighted by atomic mass is 9.98. The zero-order valence-corrected chi connectivity index (χ0v) is 20.4. The predicted molar refractivity (Wildman–Crippen MR) is 136 cm³/mol. The molecule has 0 aliphatic rings. The normalized spacial score (nSPS) is 11.3. The highest BCUT2D eigenvalue weighted by atomic mass is 16.1. The van der Waals surface area contributed by atoms with Crippen molar-refractivity contribution in [3.8, 4) is 22.5 Å². The van der Waals surface area contributed by atoms with Gasteiger partial charge in [0.15, 0.2) is 5.82 Å². The SMILES string of the molecule is CCCCCn1c(C)c(CCCC)n(Cc2ccc(-c3ccccc3-c3nnn[nH]3)cc2)c1=O. The first kappa shape index (κ1) is 23.7. The summed E-state index contributed by atoms with van der Waals surface area (Å²) in [6, 6.07) is 16.5. The largest absolute Gasteiger partial charge is 0.328 e. The van der Waals surface area contributed by atoms with Crippen LogP contribution in [0.4, 0.5) is 0 Å². The van der Waals surface area contributed by atoms with E-state index in [0.717, 1.165) is 73.0 Å². The first-order chi connectivity index (χ1) is 16.6. The second kappa shape index (κ2) is 11.1. The van der Waals surface area contributed by atoms with Gasteiger partial charge in [-0.3, -0.25) is 9.13 Å². The van der Waals surface area contributed by atoms with E-state index in [1.807, 2.05) is 27.3 Å². The van der Waals surface area contributed by atoms with Crippen molar-refractivity contribution in [2.24, 2.45) is 0 Å². The Bertz CT molecular complexity index is 1250. The van der Waals surface area contributed by atoms with E-state index < -0.39 is 0 Å². The number of hydrogen-bond donors (Lipinski definition) is 1. The third kappa shape index (κ3) is 5.03. The van der Waals surface area contributed by atoms with Crippen LogP contribution in [0.15, 0.2) is 53.3 Å². The molecular weight excluding hydrogens is 424 g/mol. The molecule has 0 atom stereocenters. The summed E-state index contributed by atoms with van der Waals surface area (Å²) < 4.78 is 3.97. The van der Waals surface area contributed by atoms with E-state index in [0.29, 0.717) is 12.4 Å². The van der Waals surface area contributed by atoms with Crippen molar-refractivity contribution in [3.05, 3.63) is 76.0 Å². The van der Waals surface area contributed by atoms with Crippen molar-refractivity contribution in [1.82, 2.24) is 29.8 Å². The fourth-order valence-corrected chi connectivity index (χ4v) is 4.55. The van der Waals surface area contributed by atoms with Crippen molar-refractivity contribution in [2.45, 2.75) is 72.4 Å². The van der Waals surface area contributed by atoms with Crippen LogP contribution in [-0.2, 0) is 19.5 Å². The molecule has 2 heterocycles. The smallest absolute Gasteiger partial charge is 0.296 e. The molecule has 0 saturated carbocycles. The number of imidazole rings is 1. The van der Waals surface area contributed by atoms with E-state index in [1.54, 1.807) is 0 Å². The summed E-state index contributed by atoms with van der Waals surface area (Å²) >= 11 is 0. The molecule has 7 nitrogen and oxygen atoms in total. The molecule has 2 aromatic heterocycles. The van der Waals surface area contributed by atoms with Gasteiger partial charge in [0, 0.05) is 23.5 Å². The van der Waals surface area contributed by atoms with Crippen LogP contribution in [0.2, 0.25) is 0 Å². The molecule has 4 aromatic rings. The second-order valence-electron chi connectivity index (χ2n) is 8.86. The Morgan fingerprint density at radius 2 is 1.62 bits per heavy atom. The maximum absolute atomic E-state index is 13.3. The summed E-state index contributed by atoms with van der Waals surface area (Å²) in [6.45, 7) is 7.89. The number of tetrazole rings is 1. The molecule has 0 aliphatic heterocycles. The number of nitrogens with one attached hydrogen (secondary N) is 1. The minimum atomic E-state index is 0.118. The minimum Gasteiger partial charge on any atom is -0.296 e. The van der Waals surface area contributed by atoms with Gasteiger partial charge in [0.1, 0.15) is 0 Å². The zero-order valence-electron chi connectivity index (χ0n) is 20.4. The van der Waals surface area contributed by atoms with E-state index in [-0.39, 0.29) is 5.69 Å². The molecule has 0 radical (unpaired) electrons. The Hall–Kier alpha value is -3.48. The average molecular weight is 459 g/mol. The summed E-state index contributed by atoms with van der Waals surface area (Å²) in [4.78, 5) is 13.3. The van der Waals surface area contributed by atoms with E-state index >= 15 is 0 Å². The van der Waals surface area contributed by atoms with Gasteiger partial charge < -0.3 is 0 Å². The number of rotatable bonds is 11. The molecule has 0 amide bonds. The van der Waals surface area contributed by atoms with Gasteiger partial charge in [-0.2, -0.15) is 0 Å². The van der Waals surface area contributed by atoms with Gasteiger partial charge in [0.05, 0.1) is 6.54 Å². The highest BCUT2D eigenvalue weighted by Crippen LogP contribution is 2.29. The maximum atomic E-state index is 13.3.